The van der Waals surface area contributed by atoms with Gasteiger partial charge in [-0.2, -0.15) is 0 Å². The maximum atomic E-state index is 12.1. The molecule has 0 saturated heterocycles. The Hall–Kier alpha value is -2.64. The molecule has 0 saturated carbocycles. The molecule has 0 spiro atoms. The van der Waals surface area contributed by atoms with Crippen LogP contribution in [-0.2, 0) is 22.7 Å². The second-order valence-electron chi connectivity index (χ2n) is 4.48. The van der Waals surface area contributed by atoms with Crippen LogP contribution in [0.5, 0.6) is 5.75 Å². The fraction of sp³-hybridized carbons (Fsp3) is 0.294. The van der Waals surface area contributed by atoms with E-state index < -0.39 is 18.2 Å². The lowest BCUT2D eigenvalue weighted by atomic mass is 10.1. The second kappa shape index (κ2) is 10.2. The summed E-state index contributed by atoms with van der Waals surface area (Å²) in [6.45, 7) is 0.728. The van der Waals surface area contributed by atoms with Gasteiger partial charge < -0.3 is 24.1 Å². The van der Waals surface area contributed by atoms with Gasteiger partial charge in [0, 0.05) is 6.08 Å². The molecule has 7 nitrogen and oxygen atoms in total. The van der Waals surface area contributed by atoms with Crippen molar-refractivity contribution >= 4 is 12.0 Å². The summed E-state index contributed by atoms with van der Waals surface area (Å²) >= 11 is 0. The molecule has 0 aromatic carbocycles. The van der Waals surface area contributed by atoms with Crippen LogP contribution in [0.3, 0.4) is 0 Å². The first kappa shape index (κ1) is 19.4. The monoisotopic (exact) mass is 336 g/mol. The van der Waals surface area contributed by atoms with Gasteiger partial charge in [-0.15, -0.1) is 0 Å². The number of hydrogen-bond acceptors (Lipinski definition) is 7. The minimum absolute atomic E-state index is 0.0181. The van der Waals surface area contributed by atoms with E-state index >= 15 is 0 Å². The second-order valence-corrected chi connectivity index (χ2v) is 4.48. The summed E-state index contributed by atoms with van der Waals surface area (Å²) in [5, 5.41) is 18.3. The third-order valence-electron chi connectivity index (χ3n) is 2.93. The van der Waals surface area contributed by atoms with E-state index in [1.165, 1.54) is 31.4 Å². The Morgan fingerprint density at radius 1 is 1.25 bits per heavy atom. The Bertz CT molecular complexity index is 696. The smallest absolute Gasteiger partial charge is 0.346 e. The standard InChI is InChI=1S/C17H20O7/c1-3-4-5-8-15(20)23-11-13-16(22-2)12(10-19)14(7-6-9-18)24-17(13)21/h3-8,18-19H,9-11H2,1-2H3. The molecule has 0 amide bonds. The van der Waals surface area contributed by atoms with Crippen LogP contribution in [0.4, 0.5) is 0 Å². The lowest BCUT2D eigenvalue weighted by Crippen LogP contribution is -2.16. The highest BCUT2D eigenvalue weighted by molar-refractivity contribution is 5.82. The maximum Gasteiger partial charge on any atom is 0.346 e. The Morgan fingerprint density at radius 2 is 2.00 bits per heavy atom. The fourth-order valence-electron chi connectivity index (χ4n) is 1.86. The average Bonchev–Trinajstić information content (AvgIpc) is 2.58. The van der Waals surface area contributed by atoms with Crippen LogP contribution in [0.1, 0.15) is 23.8 Å². The lowest BCUT2D eigenvalue weighted by molar-refractivity contribution is -0.139. The van der Waals surface area contributed by atoms with Crippen LogP contribution in [0.15, 0.2) is 39.6 Å². The molecule has 1 aromatic heterocycles. The number of carbonyl (C=O) groups is 1. The minimum Gasteiger partial charge on any atom is -0.496 e. The van der Waals surface area contributed by atoms with Crippen molar-refractivity contribution < 1.29 is 28.9 Å². The minimum atomic E-state index is -0.758. The van der Waals surface area contributed by atoms with Gasteiger partial charge in [0.1, 0.15) is 23.7 Å². The number of carbonyl (C=O) groups excluding carboxylic acids is 1. The van der Waals surface area contributed by atoms with Gasteiger partial charge in [-0.3, -0.25) is 0 Å². The Balaban J connectivity index is 3.13. The highest BCUT2D eigenvalue weighted by Crippen LogP contribution is 2.26. The van der Waals surface area contributed by atoms with Gasteiger partial charge in [-0.05, 0) is 13.0 Å². The Labute approximate surface area is 139 Å². The molecule has 2 N–H and O–H groups in total. The van der Waals surface area contributed by atoms with Crippen molar-refractivity contribution in [3.05, 3.63) is 57.7 Å². The van der Waals surface area contributed by atoms with Crippen molar-refractivity contribution in [2.24, 2.45) is 0 Å². The molecular weight excluding hydrogens is 316 g/mol. The molecule has 0 bridgehead atoms. The molecular formula is C17H20O7. The lowest BCUT2D eigenvalue weighted by Gasteiger charge is -2.12. The van der Waals surface area contributed by atoms with Gasteiger partial charge in [0.2, 0.25) is 0 Å². The van der Waals surface area contributed by atoms with Gasteiger partial charge in [0.05, 0.1) is 25.9 Å². The van der Waals surface area contributed by atoms with Gasteiger partial charge in [-0.25, -0.2) is 9.59 Å². The largest absolute Gasteiger partial charge is 0.496 e. The fourth-order valence-corrected chi connectivity index (χ4v) is 1.86. The summed E-state index contributed by atoms with van der Waals surface area (Å²) in [5.74, 6) is -0.489. The molecule has 24 heavy (non-hydrogen) atoms. The molecule has 0 aliphatic carbocycles. The summed E-state index contributed by atoms with van der Waals surface area (Å²) in [5.41, 5.74) is -0.556. The molecule has 0 radical (unpaired) electrons. The predicted octanol–water partition coefficient (Wildman–Crippen LogP) is 1.32. The summed E-state index contributed by atoms with van der Waals surface area (Å²) in [6, 6.07) is 0. The Morgan fingerprint density at radius 3 is 2.58 bits per heavy atom. The highest BCUT2D eigenvalue weighted by atomic mass is 16.5. The van der Waals surface area contributed by atoms with E-state index in [1.54, 1.807) is 19.1 Å². The average molecular weight is 336 g/mol. The first-order chi connectivity index (χ1) is 11.6. The van der Waals surface area contributed by atoms with Crippen LogP contribution < -0.4 is 10.4 Å². The van der Waals surface area contributed by atoms with Gasteiger partial charge in [0.25, 0.3) is 0 Å². The molecule has 1 rings (SSSR count). The van der Waals surface area contributed by atoms with E-state index in [0.29, 0.717) is 0 Å². The van der Waals surface area contributed by atoms with Crippen LogP contribution in [-0.4, -0.2) is 29.9 Å². The number of hydrogen-bond donors (Lipinski definition) is 2. The number of rotatable bonds is 8. The van der Waals surface area contributed by atoms with Crippen molar-refractivity contribution in [3.8, 4) is 5.75 Å². The van der Waals surface area contributed by atoms with E-state index in [-0.39, 0.29) is 35.9 Å². The molecule has 1 heterocycles. The number of methoxy groups -OCH3 is 1. The number of aliphatic hydroxyl groups excluding tert-OH is 2. The quantitative estimate of drug-likeness (QED) is 0.419. The zero-order chi connectivity index (χ0) is 17.9. The predicted molar refractivity (Wildman–Crippen MR) is 87.3 cm³/mol. The zero-order valence-corrected chi connectivity index (χ0v) is 13.5. The zero-order valence-electron chi connectivity index (χ0n) is 13.5. The van der Waals surface area contributed by atoms with Gasteiger partial charge in [-0.1, -0.05) is 24.3 Å². The van der Waals surface area contributed by atoms with Crippen molar-refractivity contribution in [2.75, 3.05) is 13.7 Å². The molecule has 130 valence electrons. The SMILES string of the molecule is CC=CC=CC(=O)OCc1c(OC)c(CO)c(C=CCO)oc1=O. The van der Waals surface area contributed by atoms with E-state index in [9.17, 15) is 14.7 Å². The van der Waals surface area contributed by atoms with Crippen LogP contribution in [0, 0.1) is 0 Å². The third-order valence-corrected chi connectivity index (χ3v) is 2.93. The molecule has 0 unspecified atom stereocenters. The van der Waals surface area contributed by atoms with E-state index in [1.807, 2.05) is 0 Å². The topological polar surface area (TPSA) is 106 Å². The summed E-state index contributed by atoms with van der Waals surface area (Å²) in [6.07, 6.45) is 8.81. The summed E-state index contributed by atoms with van der Waals surface area (Å²) < 4.78 is 15.2. The van der Waals surface area contributed by atoms with Crippen molar-refractivity contribution in [1.29, 1.82) is 0 Å². The number of ether oxygens (including phenoxy) is 2. The van der Waals surface area contributed by atoms with E-state index in [4.69, 9.17) is 19.0 Å². The number of aliphatic hydroxyl groups is 2. The summed E-state index contributed by atoms with van der Waals surface area (Å²) in [7, 11) is 1.32. The van der Waals surface area contributed by atoms with Crippen molar-refractivity contribution in [3.63, 3.8) is 0 Å². The van der Waals surface area contributed by atoms with Crippen LogP contribution >= 0.6 is 0 Å². The normalized spacial score (nSPS) is 11.7. The molecule has 0 aliphatic heterocycles. The molecule has 0 aliphatic rings. The van der Waals surface area contributed by atoms with Crippen LogP contribution in [0.2, 0.25) is 0 Å². The molecule has 0 fully saturated rings. The Kier molecular flexibility index (Phi) is 8.24. The van der Waals surface area contributed by atoms with Crippen molar-refractivity contribution in [2.45, 2.75) is 20.1 Å². The number of allylic oxidation sites excluding steroid dienone is 3. The summed E-state index contributed by atoms with van der Waals surface area (Å²) in [4.78, 5) is 23.6. The van der Waals surface area contributed by atoms with Crippen molar-refractivity contribution in [1.82, 2.24) is 0 Å². The maximum absolute atomic E-state index is 12.1. The van der Waals surface area contributed by atoms with Gasteiger partial charge in [0.15, 0.2) is 0 Å². The van der Waals surface area contributed by atoms with Crippen LogP contribution in [0.25, 0.3) is 6.08 Å². The first-order valence-corrected chi connectivity index (χ1v) is 7.16. The highest BCUT2D eigenvalue weighted by Gasteiger charge is 2.20. The molecule has 0 atom stereocenters. The molecule has 1 aromatic rings. The third kappa shape index (κ3) is 5.22. The van der Waals surface area contributed by atoms with Gasteiger partial charge >= 0.3 is 11.6 Å². The number of esters is 1. The van der Waals surface area contributed by atoms with E-state index in [0.717, 1.165) is 0 Å². The first-order valence-electron chi connectivity index (χ1n) is 7.16. The van der Waals surface area contributed by atoms with E-state index in [2.05, 4.69) is 0 Å². The molecule has 7 heteroatoms.